The monoisotopic (exact) mass is 371 g/mol. The Morgan fingerprint density at radius 2 is 1.65 bits per heavy atom. The second-order valence-corrected chi connectivity index (χ2v) is 6.77. The molecule has 5 nitrogen and oxygen atoms in total. The summed E-state index contributed by atoms with van der Waals surface area (Å²) in [6, 6.07) is 17.3. The van der Waals surface area contributed by atoms with Crippen molar-refractivity contribution >= 4 is 23.5 Å². The number of hydrogen-bond acceptors (Lipinski definition) is 2. The molecule has 0 saturated carbocycles. The van der Waals surface area contributed by atoms with Crippen LogP contribution in [0.15, 0.2) is 54.6 Å². The van der Waals surface area contributed by atoms with Crippen LogP contribution >= 0.6 is 11.6 Å². The zero-order valence-corrected chi connectivity index (χ0v) is 15.3. The van der Waals surface area contributed by atoms with Gasteiger partial charge in [-0.2, -0.15) is 0 Å². The fourth-order valence-corrected chi connectivity index (χ4v) is 3.04. The van der Waals surface area contributed by atoms with Crippen LogP contribution in [0.3, 0.4) is 0 Å². The number of benzene rings is 2. The van der Waals surface area contributed by atoms with E-state index in [1.807, 2.05) is 47.4 Å². The summed E-state index contributed by atoms with van der Waals surface area (Å²) < 4.78 is 0. The second kappa shape index (κ2) is 8.72. The third kappa shape index (κ3) is 4.99. The molecule has 6 heteroatoms. The zero-order chi connectivity index (χ0) is 18.4. The summed E-state index contributed by atoms with van der Waals surface area (Å²) in [6.45, 7) is 2.87. The van der Waals surface area contributed by atoms with E-state index in [0.717, 1.165) is 11.1 Å². The quantitative estimate of drug-likeness (QED) is 0.812. The van der Waals surface area contributed by atoms with Gasteiger partial charge in [-0.3, -0.25) is 4.79 Å². The van der Waals surface area contributed by atoms with E-state index in [0.29, 0.717) is 44.2 Å². The largest absolute Gasteiger partial charge is 0.352 e. The van der Waals surface area contributed by atoms with Crippen molar-refractivity contribution in [2.45, 2.75) is 19.5 Å². The van der Waals surface area contributed by atoms with Crippen molar-refractivity contribution < 1.29 is 9.59 Å². The number of carbonyl (C=O) groups excluding carboxylic acids is 2. The van der Waals surface area contributed by atoms with Crippen molar-refractivity contribution in [3.8, 4) is 0 Å². The third-order valence-electron chi connectivity index (χ3n) is 4.41. The first-order chi connectivity index (χ1) is 12.6. The molecule has 1 saturated heterocycles. The van der Waals surface area contributed by atoms with Gasteiger partial charge < -0.3 is 15.1 Å². The number of halogens is 1. The summed E-state index contributed by atoms with van der Waals surface area (Å²) in [4.78, 5) is 28.0. The molecule has 2 aromatic rings. The number of nitrogens with zero attached hydrogens (tertiary/aromatic N) is 2. The molecule has 1 heterocycles. The van der Waals surface area contributed by atoms with E-state index in [1.54, 1.807) is 17.0 Å². The Morgan fingerprint density at radius 3 is 2.38 bits per heavy atom. The number of nitrogens with one attached hydrogen (secondary N) is 1. The minimum Gasteiger partial charge on any atom is -0.352 e. The van der Waals surface area contributed by atoms with E-state index in [2.05, 4.69) is 5.32 Å². The number of urea groups is 1. The molecular weight excluding hydrogens is 350 g/mol. The maximum Gasteiger partial charge on any atom is 0.320 e. The minimum absolute atomic E-state index is 0.000598. The predicted molar refractivity (Wildman–Crippen MR) is 102 cm³/mol. The van der Waals surface area contributed by atoms with Crippen molar-refractivity contribution in [2.24, 2.45) is 0 Å². The van der Waals surface area contributed by atoms with Gasteiger partial charge >= 0.3 is 6.03 Å². The van der Waals surface area contributed by atoms with Crippen LogP contribution in [0.1, 0.15) is 17.5 Å². The lowest BCUT2D eigenvalue weighted by atomic mass is 10.2. The van der Waals surface area contributed by atoms with Crippen LogP contribution in [0.4, 0.5) is 4.79 Å². The topological polar surface area (TPSA) is 52.7 Å². The van der Waals surface area contributed by atoms with Crippen LogP contribution in [-0.4, -0.2) is 41.4 Å². The highest BCUT2D eigenvalue weighted by Gasteiger charge is 2.28. The Bertz CT molecular complexity index is 749. The molecule has 0 aromatic heterocycles. The van der Waals surface area contributed by atoms with Crippen molar-refractivity contribution in [1.29, 1.82) is 0 Å². The number of amides is 3. The molecule has 1 fully saturated rings. The smallest absolute Gasteiger partial charge is 0.320 e. The number of hydrogen-bond donors (Lipinski definition) is 1. The molecule has 3 amide bonds. The van der Waals surface area contributed by atoms with Gasteiger partial charge in [-0.05, 0) is 23.3 Å². The summed E-state index contributed by atoms with van der Waals surface area (Å²) in [5.41, 5.74) is 2.11. The highest BCUT2D eigenvalue weighted by molar-refractivity contribution is 6.30. The van der Waals surface area contributed by atoms with Crippen LogP contribution in [0.2, 0.25) is 5.02 Å². The van der Waals surface area contributed by atoms with Gasteiger partial charge in [0.25, 0.3) is 0 Å². The lowest BCUT2D eigenvalue weighted by Crippen LogP contribution is -2.34. The molecular formula is C20H22ClN3O2. The summed E-state index contributed by atoms with van der Waals surface area (Å²) in [7, 11) is 0. The Hall–Kier alpha value is -2.53. The van der Waals surface area contributed by atoms with Gasteiger partial charge in [0.05, 0.1) is 0 Å². The Labute approximate surface area is 158 Å². The average Bonchev–Trinajstić information content (AvgIpc) is 3.00. The van der Waals surface area contributed by atoms with E-state index in [9.17, 15) is 9.59 Å². The first-order valence-electron chi connectivity index (χ1n) is 8.71. The molecule has 1 aliphatic rings. The van der Waals surface area contributed by atoms with Gasteiger partial charge in [-0.15, -0.1) is 0 Å². The number of rotatable bonds is 7. The van der Waals surface area contributed by atoms with Gasteiger partial charge in [0.2, 0.25) is 5.91 Å². The van der Waals surface area contributed by atoms with Gasteiger partial charge in [0.15, 0.2) is 0 Å². The molecule has 0 bridgehead atoms. The highest BCUT2D eigenvalue weighted by atomic mass is 35.5. The molecule has 0 radical (unpaired) electrons. The summed E-state index contributed by atoms with van der Waals surface area (Å²) in [5, 5.41) is 3.55. The van der Waals surface area contributed by atoms with Crippen molar-refractivity contribution in [3.05, 3.63) is 70.7 Å². The van der Waals surface area contributed by atoms with Gasteiger partial charge in [-0.1, -0.05) is 54.1 Å². The summed E-state index contributed by atoms with van der Waals surface area (Å²) >= 11 is 5.84. The maximum atomic E-state index is 12.4. The molecule has 136 valence electrons. The second-order valence-electron chi connectivity index (χ2n) is 6.33. The van der Waals surface area contributed by atoms with Crippen LogP contribution in [0, 0.1) is 0 Å². The Balaban J connectivity index is 1.41. The first kappa shape index (κ1) is 18.3. The van der Waals surface area contributed by atoms with Crippen LogP contribution in [0.25, 0.3) is 0 Å². The van der Waals surface area contributed by atoms with E-state index in [1.165, 1.54) is 0 Å². The predicted octanol–water partition coefficient (Wildman–Crippen LogP) is 3.28. The molecule has 1 N–H and O–H groups in total. The molecule has 0 aliphatic carbocycles. The third-order valence-corrected chi connectivity index (χ3v) is 4.66. The summed E-state index contributed by atoms with van der Waals surface area (Å²) in [6.07, 6.45) is 0.304. The molecule has 26 heavy (non-hydrogen) atoms. The van der Waals surface area contributed by atoms with Gasteiger partial charge in [0.1, 0.15) is 0 Å². The molecule has 3 rings (SSSR count). The van der Waals surface area contributed by atoms with Crippen LogP contribution in [0.5, 0.6) is 0 Å². The molecule has 1 aliphatic heterocycles. The fraction of sp³-hybridized carbons (Fsp3) is 0.300. The Kier molecular flexibility index (Phi) is 6.12. The highest BCUT2D eigenvalue weighted by Crippen LogP contribution is 2.14. The van der Waals surface area contributed by atoms with Crippen molar-refractivity contribution in [3.63, 3.8) is 0 Å². The van der Waals surface area contributed by atoms with Gasteiger partial charge in [0, 0.05) is 44.2 Å². The zero-order valence-electron chi connectivity index (χ0n) is 14.5. The normalized spacial score (nSPS) is 14.0. The molecule has 2 aromatic carbocycles. The lowest BCUT2D eigenvalue weighted by Gasteiger charge is -2.18. The van der Waals surface area contributed by atoms with E-state index in [4.69, 9.17) is 11.6 Å². The van der Waals surface area contributed by atoms with Gasteiger partial charge in [-0.25, -0.2) is 4.79 Å². The van der Waals surface area contributed by atoms with Crippen molar-refractivity contribution in [1.82, 2.24) is 15.1 Å². The number of carbonyl (C=O) groups is 2. The van der Waals surface area contributed by atoms with Crippen LogP contribution < -0.4 is 5.32 Å². The van der Waals surface area contributed by atoms with E-state index in [-0.39, 0.29) is 11.9 Å². The molecule has 0 unspecified atom stereocenters. The molecule has 0 spiro atoms. The average molecular weight is 372 g/mol. The molecule has 0 atom stereocenters. The standard InChI is InChI=1S/C20H22ClN3O2/c21-18-8-6-16(7-9-18)14-22-19(25)10-11-23-12-13-24(20(23)26)15-17-4-2-1-3-5-17/h1-9H,10-15H2,(H,22,25). The fourth-order valence-electron chi connectivity index (χ4n) is 2.92. The lowest BCUT2D eigenvalue weighted by molar-refractivity contribution is -0.121. The maximum absolute atomic E-state index is 12.4. The van der Waals surface area contributed by atoms with Crippen LogP contribution in [-0.2, 0) is 17.9 Å². The Morgan fingerprint density at radius 1 is 0.962 bits per heavy atom. The van der Waals surface area contributed by atoms with E-state index < -0.39 is 0 Å². The summed E-state index contributed by atoms with van der Waals surface area (Å²) in [5.74, 6) is -0.0609. The van der Waals surface area contributed by atoms with Crippen molar-refractivity contribution in [2.75, 3.05) is 19.6 Å². The SMILES string of the molecule is O=C(CCN1CCN(Cc2ccccc2)C1=O)NCc1ccc(Cl)cc1. The minimum atomic E-state index is -0.0609. The van der Waals surface area contributed by atoms with E-state index >= 15 is 0 Å². The first-order valence-corrected chi connectivity index (χ1v) is 9.08.